The highest BCUT2D eigenvalue weighted by Crippen LogP contribution is 2.21. The fourth-order valence-electron chi connectivity index (χ4n) is 1.56. The number of nitrogens with one attached hydrogen (secondary N) is 1. The highest BCUT2D eigenvalue weighted by molar-refractivity contribution is 7.99. The van der Waals surface area contributed by atoms with Gasteiger partial charge in [-0.05, 0) is 6.92 Å². The molecule has 1 aliphatic heterocycles. The lowest BCUT2D eigenvalue weighted by atomic mass is 10.1. The maximum absolute atomic E-state index is 11.9. The summed E-state index contributed by atoms with van der Waals surface area (Å²) in [6.45, 7) is 2.43. The molecule has 1 saturated heterocycles. The van der Waals surface area contributed by atoms with Gasteiger partial charge in [0.25, 0.3) is 0 Å². The molecule has 0 saturated carbocycles. The van der Waals surface area contributed by atoms with Crippen molar-refractivity contribution in [1.29, 1.82) is 0 Å². The lowest BCUT2D eigenvalue weighted by molar-refractivity contribution is -0.156. The number of hydrogen-bond acceptors (Lipinski definition) is 5. The molecule has 19 heavy (non-hydrogen) atoms. The lowest BCUT2D eigenvalue weighted by Crippen LogP contribution is -2.52. The first kappa shape index (κ1) is 15.8. The summed E-state index contributed by atoms with van der Waals surface area (Å²) in [5.41, 5.74) is -2.01. The molecule has 0 aliphatic carbocycles. The monoisotopic (exact) mass is 290 g/mol. The van der Waals surface area contributed by atoms with Gasteiger partial charge in [0, 0.05) is 12.2 Å². The smallest absolute Gasteiger partial charge is 0.337 e. The fraction of sp³-hybridized carbons (Fsp3) is 0.727. The average molecular weight is 290 g/mol. The highest BCUT2D eigenvalue weighted by Gasteiger charge is 2.36. The topological polar surface area (TPSA) is 107 Å². The molecule has 108 valence electrons. The minimum atomic E-state index is -2.01. The molecule has 0 aromatic heterocycles. The van der Waals surface area contributed by atoms with Crippen molar-refractivity contribution in [3.05, 3.63) is 0 Å². The number of amides is 2. The van der Waals surface area contributed by atoms with E-state index in [2.05, 4.69) is 5.32 Å². The third-order valence-electron chi connectivity index (χ3n) is 2.88. The minimum Gasteiger partial charge on any atom is -0.479 e. The Balaban J connectivity index is 2.58. The van der Waals surface area contributed by atoms with Crippen LogP contribution in [0.25, 0.3) is 0 Å². The van der Waals surface area contributed by atoms with Crippen molar-refractivity contribution in [2.75, 3.05) is 18.2 Å². The molecule has 3 N–H and O–H groups in total. The third kappa shape index (κ3) is 3.84. The summed E-state index contributed by atoms with van der Waals surface area (Å²) in [4.78, 5) is 35.7. The Kier molecular flexibility index (Phi) is 5.19. The summed E-state index contributed by atoms with van der Waals surface area (Å²) >= 11 is 1.47. The van der Waals surface area contributed by atoms with E-state index in [1.807, 2.05) is 0 Å². The standard InChI is InChI=1S/C11H18N2O5S/c1-3-8(14)13-6-19-4-7(13)9(15)12-5-11(2,18)10(16)17/h7,18H,3-6H2,1-2H3,(H,12,15)(H,16,17). The first-order valence-corrected chi connectivity index (χ1v) is 7.05. The number of carboxylic acid groups (broad SMARTS) is 1. The van der Waals surface area contributed by atoms with Gasteiger partial charge >= 0.3 is 5.97 Å². The second-order valence-corrected chi connectivity index (χ2v) is 5.53. The number of nitrogens with zero attached hydrogens (tertiary/aromatic N) is 1. The summed E-state index contributed by atoms with van der Waals surface area (Å²) in [5, 5.41) is 20.6. The van der Waals surface area contributed by atoms with E-state index in [1.165, 1.54) is 16.7 Å². The molecule has 0 bridgehead atoms. The van der Waals surface area contributed by atoms with Gasteiger partial charge in [-0.2, -0.15) is 0 Å². The van der Waals surface area contributed by atoms with Gasteiger partial charge in [0.2, 0.25) is 11.8 Å². The molecular formula is C11H18N2O5S. The second kappa shape index (κ2) is 6.25. The summed E-state index contributed by atoms with van der Waals surface area (Å²) < 4.78 is 0. The maximum atomic E-state index is 11.9. The zero-order chi connectivity index (χ0) is 14.6. The Morgan fingerprint density at radius 2 is 2.11 bits per heavy atom. The van der Waals surface area contributed by atoms with E-state index >= 15 is 0 Å². The number of carbonyl (C=O) groups is 3. The van der Waals surface area contributed by atoms with Crippen molar-refractivity contribution < 1.29 is 24.6 Å². The molecule has 2 amide bonds. The molecule has 1 aliphatic rings. The Hall–Kier alpha value is -1.28. The van der Waals surface area contributed by atoms with Crippen LogP contribution in [-0.2, 0) is 14.4 Å². The third-order valence-corrected chi connectivity index (χ3v) is 3.89. The molecule has 0 aromatic carbocycles. The van der Waals surface area contributed by atoms with Crippen molar-refractivity contribution >= 4 is 29.5 Å². The van der Waals surface area contributed by atoms with Crippen LogP contribution in [0.3, 0.4) is 0 Å². The molecule has 8 heteroatoms. The Bertz CT molecular complexity index is 385. The molecule has 1 fully saturated rings. The van der Waals surface area contributed by atoms with E-state index in [4.69, 9.17) is 5.11 Å². The molecule has 0 aromatic rings. The predicted octanol–water partition coefficient (Wildman–Crippen LogP) is -0.750. The number of thioether (sulfide) groups is 1. The number of hydrogen-bond donors (Lipinski definition) is 3. The SMILES string of the molecule is CCC(=O)N1CSCC1C(=O)NCC(C)(O)C(=O)O. The Morgan fingerprint density at radius 1 is 1.47 bits per heavy atom. The molecule has 0 spiro atoms. The van der Waals surface area contributed by atoms with Crippen LogP contribution in [0.15, 0.2) is 0 Å². The number of aliphatic hydroxyl groups is 1. The lowest BCUT2D eigenvalue weighted by Gasteiger charge is -2.24. The van der Waals surface area contributed by atoms with Gasteiger partial charge in [-0.1, -0.05) is 6.92 Å². The summed E-state index contributed by atoms with van der Waals surface area (Å²) in [6.07, 6.45) is 0.317. The molecule has 2 atom stereocenters. The van der Waals surface area contributed by atoms with Gasteiger partial charge in [0.1, 0.15) is 6.04 Å². The summed E-state index contributed by atoms with van der Waals surface area (Å²) in [5.74, 6) is -1.02. The Morgan fingerprint density at radius 3 is 2.63 bits per heavy atom. The largest absolute Gasteiger partial charge is 0.479 e. The van der Waals surface area contributed by atoms with Crippen molar-refractivity contribution in [2.24, 2.45) is 0 Å². The summed E-state index contributed by atoms with van der Waals surface area (Å²) in [6, 6.07) is -0.595. The van der Waals surface area contributed by atoms with E-state index in [0.29, 0.717) is 18.1 Å². The first-order chi connectivity index (χ1) is 8.79. The minimum absolute atomic E-state index is 0.116. The van der Waals surface area contributed by atoms with Crippen LogP contribution < -0.4 is 5.32 Å². The normalized spacial score (nSPS) is 21.8. The summed E-state index contributed by atoms with van der Waals surface area (Å²) in [7, 11) is 0. The van der Waals surface area contributed by atoms with Crippen LogP contribution in [0, 0.1) is 0 Å². The van der Waals surface area contributed by atoms with Crippen molar-refractivity contribution in [3.63, 3.8) is 0 Å². The van der Waals surface area contributed by atoms with Gasteiger partial charge in [0.15, 0.2) is 5.60 Å². The van der Waals surface area contributed by atoms with Gasteiger partial charge in [-0.25, -0.2) is 4.79 Å². The zero-order valence-corrected chi connectivity index (χ0v) is 11.7. The quantitative estimate of drug-likeness (QED) is 0.615. The Labute approximate surface area is 115 Å². The van der Waals surface area contributed by atoms with Crippen LogP contribution in [0.2, 0.25) is 0 Å². The number of carboxylic acids is 1. The molecule has 0 radical (unpaired) electrons. The molecular weight excluding hydrogens is 272 g/mol. The fourth-order valence-corrected chi connectivity index (χ4v) is 2.74. The highest BCUT2D eigenvalue weighted by atomic mass is 32.2. The van der Waals surface area contributed by atoms with E-state index in [0.717, 1.165) is 6.92 Å². The van der Waals surface area contributed by atoms with E-state index in [1.54, 1.807) is 6.92 Å². The average Bonchev–Trinajstić information content (AvgIpc) is 2.84. The molecule has 1 heterocycles. The molecule has 1 rings (SSSR count). The van der Waals surface area contributed by atoms with E-state index in [9.17, 15) is 19.5 Å². The van der Waals surface area contributed by atoms with E-state index in [-0.39, 0.29) is 5.91 Å². The second-order valence-electron chi connectivity index (χ2n) is 4.53. The van der Waals surface area contributed by atoms with Gasteiger partial charge in [-0.15, -0.1) is 11.8 Å². The van der Waals surface area contributed by atoms with Crippen molar-refractivity contribution in [1.82, 2.24) is 10.2 Å². The maximum Gasteiger partial charge on any atom is 0.337 e. The van der Waals surface area contributed by atoms with Crippen molar-refractivity contribution in [3.8, 4) is 0 Å². The number of rotatable bonds is 5. The van der Waals surface area contributed by atoms with Crippen molar-refractivity contribution in [2.45, 2.75) is 31.9 Å². The van der Waals surface area contributed by atoms with Crippen LogP contribution in [0.1, 0.15) is 20.3 Å². The van der Waals surface area contributed by atoms with Crippen LogP contribution in [0.4, 0.5) is 0 Å². The van der Waals surface area contributed by atoms with Gasteiger partial charge < -0.3 is 20.4 Å². The van der Waals surface area contributed by atoms with Crippen LogP contribution in [-0.4, -0.2) is 62.7 Å². The molecule has 2 unspecified atom stereocenters. The predicted molar refractivity (Wildman–Crippen MR) is 69.5 cm³/mol. The van der Waals surface area contributed by atoms with Crippen LogP contribution >= 0.6 is 11.8 Å². The number of carbonyl (C=O) groups excluding carboxylic acids is 2. The van der Waals surface area contributed by atoms with E-state index < -0.39 is 30.1 Å². The molecule has 7 nitrogen and oxygen atoms in total. The zero-order valence-electron chi connectivity index (χ0n) is 10.9. The van der Waals surface area contributed by atoms with Crippen LogP contribution in [0.5, 0.6) is 0 Å². The first-order valence-electron chi connectivity index (χ1n) is 5.90. The number of aliphatic carboxylic acids is 1. The van der Waals surface area contributed by atoms with Gasteiger partial charge in [0.05, 0.1) is 12.4 Å². The van der Waals surface area contributed by atoms with Gasteiger partial charge in [-0.3, -0.25) is 9.59 Å².